The van der Waals surface area contributed by atoms with Gasteiger partial charge in [0.1, 0.15) is 0 Å². The van der Waals surface area contributed by atoms with Crippen LogP contribution in [0, 0.1) is 0 Å². The van der Waals surface area contributed by atoms with E-state index in [0.717, 1.165) is 18.4 Å². The molecule has 0 aromatic heterocycles. The van der Waals surface area contributed by atoms with Crippen molar-refractivity contribution in [3.8, 4) is 0 Å². The molecule has 1 aromatic rings. The van der Waals surface area contributed by atoms with Crippen LogP contribution in [-0.4, -0.2) is 17.8 Å². The van der Waals surface area contributed by atoms with Crippen molar-refractivity contribution in [2.24, 2.45) is 0 Å². The zero-order valence-electron chi connectivity index (χ0n) is 10.5. The van der Waals surface area contributed by atoms with E-state index in [9.17, 15) is 4.79 Å². The maximum atomic E-state index is 12.1. The fraction of sp³-hybridized carbons (Fsp3) is 0.500. The summed E-state index contributed by atoms with van der Waals surface area (Å²) >= 11 is 5.71. The molecule has 3 nitrogen and oxygen atoms in total. The number of nitrogens with one attached hydrogen (secondary N) is 1. The molecule has 2 rings (SSSR count). The van der Waals surface area contributed by atoms with Gasteiger partial charge in [-0.1, -0.05) is 13.0 Å². The molecule has 1 N–H and O–H groups in total. The Kier molecular flexibility index (Phi) is 4.61. The van der Waals surface area contributed by atoms with Crippen molar-refractivity contribution in [2.45, 2.75) is 39.0 Å². The van der Waals surface area contributed by atoms with Gasteiger partial charge in [-0.05, 0) is 36.1 Å². The van der Waals surface area contributed by atoms with Gasteiger partial charge in [0.15, 0.2) is 0 Å². The molecule has 0 saturated heterocycles. The van der Waals surface area contributed by atoms with E-state index in [1.54, 1.807) is 0 Å². The number of benzene rings is 1. The van der Waals surface area contributed by atoms with Gasteiger partial charge >= 0.3 is 0 Å². The molecule has 1 unspecified atom stereocenters. The third kappa shape index (κ3) is 3.03. The number of halogens is 1. The van der Waals surface area contributed by atoms with Gasteiger partial charge < -0.3 is 10.1 Å². The fourth-order valence-electron chi connectivity index (χ4n) is 2.09. The monoisotopic (exact) mass is 267 g/mol. The summed E-state index contributed by atoms with van der Waals surface area (Å²) in [6.45, 7) is 3.31. The summed E-state index contributed by atoms with van der Waals surface area (Å²) in [4.78, 5) is 12.1. The molecule has 0 spiro atoms. The lowest BCUT2D eigenvalue weighted by Gasteiger charge is -2.15. The summed E-state index contributed by atoms with van der Waals surface area (Å²) in [6, 6.07) is 5.90. The first-order valence-electron chi connectivity index (χ1n) is 6.31. The summed E-state index contributed by atoms with van der Waals surface area (Å²) in [6.07, 6.45) is 1.70. The van der Waals surface area contributed by atoms with E-state index in [1.807, 2.05) is 25.1 Å². The molecule has 0 radical (unpaired) electrons. The number of hydrogen-bond acceptors (Lipinski definition) is 2. The van der Waals surface area contributed by atoms with Crippen LogP contribution in [0.15, 0.2) is 18.2 Å². The van der Waals surface area contributed by atoms with Crippen LogP contribution in [0.3, 0.4) is 0 Å². The van der Waals surface area contributed by atoms with Crippen LogP contribution in [0.1, 0.15) is 41.3 Å². The number of carbonyl (C=O) groups excluding carboxylic acids is 1. The number of alkyl halides is 1. The second-order valence-corrected chi connectivity index (χ2v) is 4.91. The Hall–Kier alpha value is -1.06. The van der Waals surface area contributed by atoms with Gasteiger partial charge in [0, 0.05) is 17.5 Å². The lowest BCUT2D eigenvalue weighted by Crippen LogP contribution is -2.34. The first kappa shape index (κ1) is 13.4. The fourth-order valence-corrected chi connectivity index (χ4v) is 2.36. The normalized spacial score (nSPS) is 15.2. The molecule has 0 saturated carbocycles. The van der Waals surface area contributed by atoms with Crippen molar-refractivity contribution < 1.29 is 9.53 Å². The molecule has 0 bridgehead atoms. The maximum Gasteiger partial charge on any atom is 0.251 e. The Bertz CT molecular complexity index is 434. The quantitative estimate of drug-likeness (QED) is 0.833. The van der Waals surface area contributed by atoms with Crippen LogP contribution < -0.4 is 5.32 Å². The van der Waals surface area contributed by atoms with E-state index in [4.69, 9.17) is 16.3 Å². The Labute approximate surface area is 112 Å². The molecule has 0 fully saturated rings. The first-order chi connectivity index (χ1) is 8.74. The van der Waals surface area contributed by atoms with E-state index in [2.05, 4.69) is 5.32 Å². The minimum absolute atomic E-state index is 0.0262. The molecule has 1 amide bonds. The number of rotatable bonds is 5. The van der Waals surface area contributed by atoms with Crippen LogP contribution in [0.5, 0.6) is 0 Å². The number of hydrogen-bond donors (Lipinski definition) is 1. The number of ether oxygens (including phenoxy) is 1. The second kappa shape index (κ2) is 6.21. The van der Waals surface area contributed by atoms with Crippen molar-refractivity contribution in [1.82, 2.24) is 5.32 Å². The topological polar surface area (TPSA) is 38.3 Å². The largest absolute Gasteiger partial charge is 0.372 e. The highest BCUT2D eigenvalue weighted by atomic mass is 35.5. The molecule has 98 valence electrons. The summed E-state index contributed by atoms with van der Waals surface area (Å²) < 4.78 is 5.34. The van der Waals surface area contributed by atoms with Crippen LogP contribution in [-0.2, 0) is 18.0 Å². The lowest BCUT2D eigenvalue weighted by atomic mass is 10.1. The average Bonchev–Trinajstić information content (AvgIpc) is 2.85. The highest BCUT2D eigenvalue weighted by Crippen LogP contribution is 2.20. The zero-order chi connectivity index (χ0) is 13.0. The maximum absolute atomic E-state index is 12.1. The second-order valence-electron chi connectivity index (χ2n) is 4.53. The smallest absolute Gasteiger partial charge is 0.251 e. The number of amides is 1. The summed E-state index contributed by atoms with van der Waals surface area (Å²) in [7, 11) is 0. The van der Waals surface area contributed by atoms with E-state index >= 15 is 0 Å². The summed E-state index contributed by atoms with van der Waals surface area (Å²) in [5.41, 5.74) is 3.00. The van der Waals surface area contributed by atoms with Crippen molar-refractivity contribution in [1.29, 1.82) is 0 Å². The third-order valence-corrected chi connectivity index (χ3v) is 3.49. The molecule has 1 atom stereocenters. The van der Waals surface area contributed by atoms with Gasteiger partial charge in [0.25, 0.3) is 5.91 Å². The van der Waals surface area contributed by atoms with Gasteiger partial charge in [0.2, 0.25) is 0 Å². The van der Waals surface area contributed by atoms with Gasteiger partial charge in [-0.25, -0.2) is 0 Å². The summed E-state index contributed by atoms with van der Waals surface area (Å²) in [5.74, 6) is 0.540. The summed E-state index contributed by atoms with van der Waals surface area (Å²) in [5, 5.41) is 3.01. The molecule has 1 heterocycles. The van der Waals surface area contributed by atoms with Crippen molar-refractivity contribution >= 4 is 17.5 Å². The Balaban J connectivity index is 2.04. The van der Waals surface area contributed by atoms with E-state index < -0.39 is 0 Å². The molecule has 4 heteroatoms. The van der Waals surface area contributed by atoms with Gasteiger partial charge in [-0.2, -0.15) is 0 Å². The minimum Gasteiger partial charge on any atom is -0.372 e. The van der Waals surface area contributed by atoms with Crippen LogP contribution in [0.2, 0.25) is 0 Å². The van der Waals surface area contributed by atoms with Crippen molar-refractivity contribution in [3.05, 3.63) is 34.9 Å². The standard InChI is InChI=1S/C14H18ClNO2/c1-2-13(5-6-15)16-14(17)10-3-4-11-8-18-9-12(11)7-10/h3-4,7,13H,2,5-6,8-9H2,1H3,(H,16,17). The van der Waals surface area contributed by atoms with Crippen molar-refractivity contribution in [2.75, 3.05) is 5.88 Å². The molecular weight excluding hydrogens is 250 g/mol. The van der Waals surface area contributed by atoms with E-state index in [1.165, 1.54) is 5.56 Å². The molecule has 0 aliphatic carbocycles. The lowest BCUT2D eigenvalue weighted by molar-refractivity contribution is 0.0935. The van der Waals surface area contributed by atoms with Crippen LogP contribution >= 0.6 is 11.6 Å². The number of carbonyl (C=O) groups is 1. The van der Waals surface area contributed by atoms with Gasteiger partial charge in [-0.15, -0.1) is 11.6 Å². The molecule has 1 aliphatic heterocycles. The van der Waals surface area contributed by atoms with Crippen LogP contribution in [0.4, 0.5) is 0 Å². The average molecular weight is 268 g/mol. The zero-order valence-corrected chi connectivity index (χ0v) is 11.3. The van der Waals surface area contributed by atoms with E-state index in [-0.39, 0.29) is 11.9 Å². The third-order valence-electron chi connectivity index (χ3n) is 3.27. The number of fused-ring (bicyclic) bond motifs is 1. The predicted octanol–water partition coefficient (Wildman–Crippen LogP) is 2.85. The molecule has 1 aliphatic rings. The Morgan fingerprint density at radius 2 is 2.22 bits per heavy atom. The van der Waals surface area contributed by atoms with Gasteiger partial charge in [0.05, 0.1) is 13.2 Å². The first-order valence-corrected chi connectivity index (χ1v) is 6.84. The Morgan fingerprint density at radius 1 is 1.44 bits per heavy atom. The highest BCUT2D eigenvalue weighted by molar-refractivity contribution is 6.17. The Morgan fingerprint density at radius 3 is 2.94 bits per heavy atom. The minimum atomic E-state index is -0.0262. The molecular formula is C14H18ClNO2. The molecule has 18 heavy (non-hydrogen) atoms. The van der Waals surface area contributed by atoms with E-state index in [0.29, 0.717) is 24.7 Å². The highest BCUT2D eigenvalue weighted by Gasteiger charge is 2.16. The predicted molar refractivity (Wildman–Crippen MR) is 71.8 cm³/mol. The molecule has 1 aromatic carbocycles. The van der Waals surface area contributed by atoms with Crippen LogP contribution in [0.25, 0.3) is 0 Å². The SMILES string of the molecule is CCC(CCCl)NC(=O)c1ccc2c(c1)COC2. The van der Waals surface area contributed by atoms with Crippen molar-refractivity contribution in [3.63, 3.8) is 0 Å². The van der Waals surface area contributed by atoms with Gasteiger partial charge in [-0.3, -0.25) is 4.79 Å².